The molecule has 2 aromatic heterocycles. The molecule has 8 nitrogen and oxygen atoms in total. The first-order valence-electron chi connectivity index (χ1n) is 6.24. The van der Waals surface area contributed by atoms with Crippen molar-refractivity contribution < 1.29 is 9.90 Å². The molecule has 106 valence electrons. The Bertz CT molecular complexity index is 826. The SMILES string of the molecule is CC(C)(C(=O)O)n1nnnc1-c1cnc2ccccc2n1. The second-order valence-electron chi connectivity index (χ2n) is 5.02. The van der Waals surface area contributed by atoms with E-state index in [1.54, 1.807) is 0 Å². The molecule has 0 aliphatic rings. The van der Waals surface area contributed by atoms with Gasteiger partial charge in [-0.1, -0.05) is 12.1 Å². The fourth-order valence-corrected chi connectivity index (χ4v) is 1.88. The number of fused-ring (bicyclic) bond motifs is 1. The highest BCUT2D eigenvalue weighted by molar-refractivity contribution is 5.78. The summed E-state index contributed by atoms with van der Waals surface area (Å²) in [4.78, 5) is 20.1. The molecule has 0 amide bonds. The zero-order valence-corrected chi connectivity index (χ0v) is 11.4. The molecule has 0 aliphatic heterocycles. The van der Waals surface area contributed by atoms with Gasteiger partial charge in [0.05, 0.1) is 17.2 Å². The molecule has 1 N–H and O–H groups in total. The predicted octanol–water partition coefficient (Wildman–Crippen LogP) is 1.10. The second-order valence-corrected chi connectivity index (χ2v) is 5.02. The van der Waals surface area contributed by atoms with E-state index in [0.29, 0.717) is 11.2 Å². The highest BCUT2D eigenvalue weighted by Crippen LogP contribution is 2.22. The number of benzene rings is 1. The van der Waals surface area contributed by atoms with Gasteiger partial charge in [-0.25, -0.2) is 14.5 Å². The number of para-hydroxylation sites is 2. The molecule has 0 fully saturated rings. The van der Waals surface area contributed by atoms with Gasteiger partial charge >= 0.3 is 5.97 Å². The molecule has 0 spiro atoms. The van der Waals surface area contributed by atoms with Crippen LogP contribution in [0.25, 0.3) is 22.6 Å². The minimum absolute atomic E-state index is 0.264. The van der Waals surface area contributed by atoms with E-state index in [1.165, 1.54) is 24.7 Å². The van der Waals surface area contributed by atoms with E-state index in [9.17, 15) is 9.90 Å². The molecule has 0 saturated heterocycles. The van der Waals surface area contributed by atoms with Crippen LogP contribution >= 0.6 is 0 Å². The summed E-state index contributed by atoms with van der Waals surface area (Å²) in [5.41, 5.74) is 0.579. The van der Waals surface area contributed by atoms with Crippen molar-refractivity contribution in [3.8, 4) is 11.5 Å². The minimum atomic E-state index is -1.29. The van der Waals surface area contributed by atoms with Crippen LogP contribution in [0.1, 0.15) is 13.8 Å². The number of carbonyl (C=O) groups is 1. The van der Waals surface area contributed by atoms with Crippen molar-refractivity contribution in [3.63, 3.8) is 0 Å². The van der Waals surface area contributed by atoms with Crippen LogP contribution in [-0.2, 0) is 10.3 Å². The van der Waals surface area contributed by atoms with Gasteiger partial charge in [0.15, 0.2) is 5.54 Å². The Hall–Kier alpha value is -2.90. The molecule has 0 saturated carbocycles. The fraction of sp³-hybridized carbons (Fsp3) is 0.231. The summed E-state index contributed by atoms with van der Waals surface area (Å²) in [6.45, 7) is 3.04. The lowest BCUT2D eigenvalue weighted by molar-refractivity contribution is -0.146. The van der Waals surface area contributed by atoms with Crippen molar-refractivity contribution in [1.29, 1.82) is 0 Å². The average Bonchev–Trinajstić information content (AvgIpc) is 2.96. The zero-order chi connectivity index (χ0) is 15.0. The number of carboxylic acid groups (broad SMARTS) is 1. The van der Waals surface area contributed by atoms with Crippen LogP contribution in [0.15, 0.2) is 30.5 Å². The van der Waals surface area contributed by atoms with Gasteiger partial charge in [0, 0.05) is 0 Å². The van der Waals surface area contributed by atoms with Crippen molar-refractivity contribution in [2.75, 3.05) is 0 Å². The van der Waals surface area contributed by atoms with Crippen LogP contribution in [0.5, 0.6) is 0 Å². The Balaban J connectivity index is 2.16. The van der Waals surface area contributed by atoms with Gasteiger partial charge in [0.2, 0.25) is 5.82 Å². The lowest BCUT2D eigenvalue weighted by atomic mass is 10.1. The third-order valence-electron chi connectivity index (χ3n) is 3.20. The zero-order valence-electron chi connectivity index (χ0n) is 11.4. The van der Waals surface area contributed by atoms with E-state index >= 15 is 0 Å². The van der Waals surface area contributed by atoms with Crippen molar-refractivity contribution in [2.24, 2.45) is 0 Å². The summed E-state index contributed by atoms with van der Waals surface area (Å²) in [5, 5.41) is 20.5. The summed E-state index contributed by atoms with van der Waals surface area (Å²) in [7, 11) is 0. The Labute approximate surface area is 119 Å². The Morgan fingerprint density at radius 2 is 1.95 bits per heavy atom. The third-order valence-corrected chi connectivity index (χ3v) is 3.20. The summed E-state index contributed by atoms with van der Waals surface area (Å²) in [6, 6.07) is 7.39. The lowest BCUT2D eigenvalue weighted by Crippen LogP contribution is -2.37. The topological polar surface area (TPSA) is 107 Å². The number of hydrogen-bond donors (Lipinski definition) is 1. The molecule has 0 bridgehead atoms. The van der Waals surface area contributed by atoms with Crippen molar-refractivity contribution in [3.05, 3.63) is 30.5 Å². The third kappa shape index (κ3) is 2.10. The lowest BCUT2D eigenvalue weighted by Gasteiger charge is -2.20. The number of aromatic nitrogens is 6. The molecule has 0 aliphatic carbocycles. The highest BCUT2D eigenvalue weighted by Gasteiger charge is 2.34. The molecule has 3 aromatic rings. The average molecular weight is 284 g/mol. The smallest absolute Gasteiger partial charge is 0.331 e. The maximum absolute atomic E-state index is 11.4. The van der Waals surface area contributed by atoms with Gasteiger partial charge in [-0.3, -0.25) is 4.98 Å². The molecule has 0 unspecified atom stereocenters. The van der Waals surface area contributed by atoms with Gasteiger partial charge in [-0.2, -0.15) is 0 Å². The Kier molecular flexibility index (Phi) is 2.86. The van der Waals surface area contributed by atoms with Crippen molar-refractivity contribution in [2.45, 2.75) is 19.4 Å². The van der Waals surface area contributed by atoms with Crippen LogP contribution in [0.3, 0.4) is 0 Å². The van der Waals surface area contributed by atoms with E-state index in [4.69, 9.17) is 0 Å². The monoisotopic (exact) mass is 284 g/mol. The summed E-state index contributed by atoms with van der Waals surface area (Å²) >= 11 is 0. The first-order valence-corrected chi connectivity index (χ1v) is 6.24. The second kappa shape index (κ2) is 4.58. The van der Waals surface area contributed by atoms with Gasteiger partial charge in [0.25, 0.3) is 0 Å². The number of rotatable bonds is 3. The van der Waals surface area contributed by atoms with Gasteiger partial charge in [-0.05, 0) is 36.4 Å². The van der Waals surface area contributed by atoms with Gasteiger partial charge < -0.3 is 5.11 Å². The number of hydrogen-bond acceptors (Lipinski definition) is 6. The summed E-state index contributed by atoms with van der Waals surface area (Å²) < 4.78 is 1.23. The highest BCUT2D eigenvalue weighted by atomic mass is 16.4. The molecule has 2 heterocycles. The summed E-state index contributed by atoms with van der Waals surface area (Å²) in [6.07, 6.45) is 1.53. The quantitative estimate of drug-likeness (QED) is 0.767. The molecule has 0 radical (unpaired) electrons. The van der Waals surface area contributed by atoms with Crippen LogP contribution in [-0.4, -0.2) is 41.3 Å². The maximum Gasteiger partial charge on any atom is 0.331 e. The van der Waals surface area contributed by atoms with E-state index in [1.807, 2.05) is 24.3 Å². The normalized spacial score (nSPS) is 11.7. The number of aliphatic carboxylic acids is 1. The largest absolute Gasteiger partial charge is 0.479 e. The standard InChI is InChI=1S/C13H12N6O2/c1-13(2,12(20)21)19-11(16-17-18-19)10-7-14-8-5-3-4-6-9(8)15-10/h3-7H,1-2H3,(H,20,21). The number of nitrogens with zero attached hydrogens (tertiary/aromatic N) is 6. The summed E-state index contributed by atoms with van der Waals surface area (Å²) in [5.74, 6) is -0.773. The van der Waals surface area contributed by atoms with E-state index in [0.717, 1.165) is 5.52 Å². The van der Waals surface area contributed by atoms with Crippen molar-refractivity contribution in [1.82, 2.24) is 30.2 Å². The minimum Gasteiger partial charge on any atom is -0.479 e. The first-order chi connectivity index (χ1) is 10.00. The van der Waals surface area contributed by atoms with Crippen LogP contribution in [0.2, 0.25) is 0 Å². The van der Waals surface area contributed by atoms with Gasteiger partial charge in [0.1, 0.15) is 5.69 Å². The van der Waals surface area contributed by atoms with E-state index in [2.05, 4.69) is 25.5 Å². The molecular weight excluding hydrogens is 272 g/mol. The van der Waals surface area contributed by atoms with E-state index in [-0.39, 0.29) is 5.82 Å². The first kappa shape index (κ1) is 13.1. The number of tetrazole rings is 1. The molecule has 21 heavy (non-hydrogen) atoms. The van der Waals surface area contributed by atoms with Crippen LogP contribution in [0, 0.1) is 0 Å². The molecule has 3 rings (SSSR count). The Morgan fingerprint density at radius 3 is 2.67 bits per heavy atom. The Morgan fingerprint density at radius 1 is 1.24 bits per heavy atom. The molecular formula is C13H12N6O2. The van der Waals surface area contributed by atoms with Gasteiger partial charge in [-0.15, -0.1) is 5.10 Å². The molecule has 0 atom stereocenters. The predicted molar refractivity (Wildman–Crippen MR) is 73.3 cm³/mol. The molecule has 1 aromatic carbocycles. The number of carboxylic acids is 1. The van der Waals surface area contributed by atoms with Crippen LogP contribution < -0.4 is 0 Å². The van der Waals surface area contributed by atoms with Crippen molar-refractivity contribution >= 4 is 17.0 Å². The van der Waals surface area contributed by atoms with E-state index < -0.39 is 11.5 Å². The molecule has 8 heteroatoms. The van der Waals surface area contributed by atoms with Crippen LogP contribution in [0.4, 0.5) is 0 Å². The maximum atomic E-state index is 11.4. The fourth-order valence-electron chi connectivity index (χ4n) is 1.88.